The molecule has 1 aromatic carbocycles. The second kappa shape index (κ2) is 6.85. The number of nitrogens with zero attached hydrogens (tertiary/aromatic N) is 1. The minimum absolute atomic E-state index is 0.0110. The number of hydrogen-bond acceptors (Lipinski definition) is 5. The van der Waals surface area contributed by atoms with Crippen molar-refractivity contribution in [3.8, 4) is 11.5 Å². The number of aliphatic carboxylic acids is 1. The molecule has 1 aliphatic rings. The fourth-order valence-corrected chi connectivity index (χ4v) is 3.50. The van der Waals surface area contributed by atoms with E-state index < -0.39 is 5.97 Å². The van der Waals surface area contributed by atoms with Gasteiger partial charge in [0.25, 0.3) is 0 Å². The van der Waals surface area contributed by atoms with Crippen LogP contribution in [-0.4, -0.2) is 52.3 Å². The molecule has 1 fully saturated rings. The number of benzene rings is 1. The molecule has 6 heteroatoms. The number of phenols is 1. The van der Waals surface area contributed by atoms with Crippen molar-refractivity contribution in [2.45, 2.75) is 19.0 Å². The van der Waals surface area contributed by atoms with Crippen LogP contribution in [0.2, 0.25) is 0 Å². The molecule has 0 bridgehead atoms. The molecule has 0 radical (unpaired) electrons. The molecule has 0 aromatic heterocycles. The molecule has 5 nitrogen and oxygen atoms in total. The van der Waals surface area contributed by atoms with Crippen molar-refractivity contribution in [1.82, 2.24) is 4.90 Å². The zero-order chi connectivity index (χ0) is 14.5. The van der Waals surface area contributed by atoms with Crippen LogP contribution >= 0.6 is 11.8 Å². The van der Waals surface area contributed by atoms with Crippen LogP contribution < -0.4 is 4.74 Å². The van der Waals surface area contributed by atoms with Gasteiger partial charge in [-0.25, -0.2) is 0 Å². The van der Waals surface area contributed by atoms with Gasteiger partial charge in [0.15, 0.2) is 11.5 Å². The van der Waals surface area contributed by atoms with Crippen molar-refractivity contribution in [3.63, 3.8) is 0 Å². The van der Waals surface area contributed by atoms with E-state index in [-0.39, 0.29) is 18.2 Å². The highest BCUT2D eigenvalue weighted by Gasteiger charge is 2.26. The number of rotatable bonds is 5. The van der Waals surface area contributed by atoms with E-state index >= 15 is 0 Å². The number of aromatic hydroxyl groups is 1. The number of carbonyl (C=O) groups is 1. The van der Waals surface area contributed by atoms with Crippen LogP contribution in [0.15, 0.2) is 18.2 Å². The largest absolute Gasteiger partial charge is 0.504 e. The van der Waals surface area contributed by atoms with Gasteiger partial charge in [-0.3, -0.25) is 9.69 Å². The van der Waals surface area contributed by atoms with E-state index in [2.05, 4.69) is 4.90 Å². The molecule has 110 valence electrons. The highest BCUT2D eigenvalue weighted by atomic mass is 32.2. The Morgan fingerprint density at radius 1 is 1.55 bits per heavy atom. The van der Waals surface area contributed by atoms with Crippen LogP contribution in [0.1, 0.15) is 12.0 Å². The van der Waals surface area contributed by atoms with Crippen LogP contribution in [0.5, 0.6) is 11.5 Å². The molecule has 2 N–H and O–H groups in total. The summed E-state index contributed by atoms with van der Waals surface area (Å²) in [5.41, 5.74) is 0.770. The second-order valence-corrected chi connectivity index (χ2v) is 5.91. The number of carboxylic acid groups (broad SMARTS) is 1. The van der Waals surface area contributed by atoms with Crippen LogP contribution in [0, 0.1) is 0 Å². The zero-order valence-electron chi connectivity index (χ0n) is 11.4. The third-order valence-electron chi connectivity index (χ3n) is 3.44. The molecule has 0 spiro atoms. The molecule has 0 saturated carbocycles. The monoisotopic (exact) mass is 297 g/mol. The van der Waals surface area contributed by atoms with Crippen LogP contribution in [0.25, 0.3) is 0 Å². The molecule has 2 rings (SSSR count). The summed E-state index contributed by atoms with van der Waals surface area (Å²) in [5.74, 6) is 1.61. The minimum Gasteiger partial charge on any atom is -0.504 e. The van der Waals surface area contributed by atoms with Gasteiger partial charge >= 0.3 is 5.97 Å². The van der Waals surface area contributed by atoms with Crippen LogP contribution in [0.3, 0.4) is 0 Å². The Labute approximate surface area is 122 Å². The molecule has 0 aliphatic carbocycles. The van der Waals surface area contributed by atoms with E-state index in [4.69, 9.17) is 9.84 Å². The predicted molar refractivity (Wildman–Crippen MR) is 78.4 cm³/mol. The van der Waals surface area contributed by atoms with Crippen molar-refractivity contribution >= 4 is 17.7 Å². The summed E-state index contributed by atoms with van der Waals surface area (Å²) < 4.78 is 5.10. The van der Waals surface area contributed by atoms with Gasteiger partial charge in [0.2, 0.25) is 0 Å². The summed E-state index contributed by atoms with van der Waals surface area (Å²) in [6.07, 6.45) is 0.137. The number of hydrogen-bond donors (Lipinski definition) is 2. The lowest BCUT2D eigenvalue weighted by molar-refractivity contribution is -0.138. The van der Waals surface area contributed by atoms with Gasteiger partial charge in [-0.05, 0) is 6.07 Å². The molecule has 1 unspecified atom stereocenters. The van der Waals surface area contributed by atoms with Crippen LogP contribution in [-0.2, 0) is 11.3 Å². The number of para-hydroxylation sites is 1. The van der Waals surface area contributed by atoms with Crippen molar-refractivity contribution in [2.75, 3.05) is 25.2 Å². The summed E-state index contributed by atoms with van der Waals surface area (Å²) in [6, 6.07) is 5.40. The van der Waals surface area contributed by atoms with E-state index in [1.54, 1.807) is 17.8 Å². The maximum absolute atomic E-state index is 10.9. The molecule has 0 amide bonds. The third kappa shape index (κ3) is 3.58. The van der Waals surface area contributed by atoms with Crippen molar-refractivity contribution < 1.29 is 19.7 Å². The normalized spacial score (nSPS) is 19.8. The lowest BCUT2D eigenvalue weighted by Gasteiger charge is -2.34. The molecule has 1 aliphatic heterocycles. The molecular weight excluding hydrogens is 278 g/mol. The molecule has 1 aromatic rings. The van der Waals surface area contributed by atoms with E-state index in [1.165, 1.54) is 7.11 Å². The Morgan fingerprint density at radius 3 is 3.05 bits per heavy atom. The lowest BCUT2D eigenvalue weighted by Crippen LogP contribution is -2.42. The van der Waals surface area contributed by atoms with Gasteiger partial charge in [-0.2, -0.15) is 11.8 Å². The van der Waals surface area contributed by atoms with Gasteiger partial charge in [-0.15, -0.1) is 0 Å². The van der Waals surface area contributed by atoms with Crippen LogP contribution in [0.4, 0.5) is 0 Å². The lowest BCUT2D eigenvalue weighted by atomic mass is 10.1. The number of phenolic OH excluding ortho intramolecular Hbond substituents is 1. The standard InChI is InChI=1S/C14H19NO4S/c1-19-12-4-2-3-10(14(12)18)8-15-5-6-20-9-11(15)7-13(16)17/h2-4,11,18H,5-9H2,1H3,(H,16,17). The first kappa shape index (κ1) is 15.0. The Balaban J connectivity index is 2.12. The first-order valence-corrected chi connectivity index (χ1v) is 7.65. The SMILES string of the molecule is COc1cccc(CN2CCSCC2CC(=O)O)c1O. The predicted octanol–water partition coefficient (Wildman–Crippen LogP) is 1.79. The van der Waals surface area contributed by atoms with Gasteiger partial charge in [0.05, 0.1) is 13.5 Å². The van der Waals surface area contributed by atoms with Gasteiger partial charge in [0.1, 0.15) is 0 Å². The van der Waals surface area contributed by atoms with Crippen molar-refractivity contribution in [2.24, 2.45) is 0 Å². The molecule has 20 heavy (non-hydrogen) atoms. The highest BCUT2D eigenvalue weighted by molar-refractivity contribution is 7.99. The zero-order valence-corrected chi connectivity index (χ0v) is 12.2. The first-order chi connectivity index (χ1) is 9.61. The topological polar surface area (TPSA) is 70.0 Å². The Bertz CT molecular complexity index is 480. The number of methoxy groups -OCH3 is 1. The van der Waals surface area contributed by atoms with Crippen molar-refractivity contribution in [1.29, 1.82) is 0 Å². The Hall–Kier alpha value is -1.40. The first-order valence-electron chi connectivity index (χ1n) is 6.50. The maximum Gasteiger partial charge on any atom is 0.304 e. The highest BCUT2D eigenvalue weighted by Crippen LogP contribution is 2.31. The quantitative estimate of drug-likeness (QED) is 0.863. The number of carboxylic acids is 1. The molecule has 1 atom stereocenters. The summed E-state index contributed by atoms with van der Waals surface area (Å²) in [4.78, 5) is 13.1. The van der Waals surface area contributed by atoms with E-state index in [9.17, 15) is 9.90 Å². The van der Waals surface area contributed by atoms with Crippen molar-refractivity contribution in [3.05, 3.63) is 23.8 Å². The van der Waals surface area contributed by atoms with E-state index in [1.807, 2.05) is 12.1 Å². The average molecular weight is 297 g/mol. The van der Waals surface area contributed by atoms with E-state index in [0.29, 0.717) is 12.3 Å². The minimum atomic E-state index is -0.780. The fraction of sp³-hybridized carbons (Fsp3) is 0.500. The summed E-state index contributed by atoms with van der Waals surface area (Å²) >= 11 is 1.78. The molecule has 1 heterocycles. The Kier molecular flexibility index (Phi) is 5.14. The molecule has 1 saturated heterocycles. The second-order valence-electron chi connectivity index (χ2n) is 4.77. The number of ether oxygens (including phenoxy) is 1. The average Bonchev–Trinajstić information content (AvgIpc) is 2.42. The van der Waals surface area contributed by atoms with Gasteiger partial charge < -0.3 is 14.9 Å². The molecular formula is C14H19NO4S. The summed E-state index contributed by atoms with van der Waals surface area (Å²) in [5, 5.41) is 19.1. The van der Waals surface area contributed by atoms with E-state index in [0.717, 1.165) is 23.6 Å². The van der Waals surface area contributed by atoms with Gasteiger partial charge in [-0.1, -0.05) is 12.1 Å². The number of thioether (sulfide) groups is 1. The van der Waals surface area contributed by atoms with Gasteiger partial charge in [0, 0.05) is 36.2 Å². The summed E-state index contributed by atoms with van der Waals surface area (Å²) in [6.45, 7) is 1.38. The fourth-order valence-electron chi connectivity index (χ4n) is 2.37. The smallest absolute Gasteiger partial charge is 0.304 e. The third-order valence-corrected chi connectivity index (χ3v) is 4.53. The maximum atomic E-state index is 10.9. The Morgan fingerprint density at radius 2 is 2.35 bits per heavy atom. The summed E-state index contributed by atoms with van der Waals surface area (Å²) in [7, 11) is 1.52.